The fourth-order valence-corrected chi connectivity index (χ4v) is 3.19. The molecule has 0 radical (unpaired) electrons. The van der Waals surface area contributed by atoms with Crippen LogP contribution in [-0.2, 0) is 4.79 Å². The Labute approximate surface area is 172 Å². The maximum atomic E-state index is 12.1. The Morgan fingerprint density at radius 3 is 2.59 bits per heavy atom. The number of nitro groups is 1. The van der Waals surface area contributed by atoms with Crippen LogP contribution in [0.4, 0.5) is 5.69 Å². The fourth-order valence-electron chi connectivity index (χ4n) is 3.19. The highest BCUT2D eigenvalue weighted by Gasteiger charge is 2.17. The molecule has 0 bridgehead atoms. The van der Waals surface area contributed by atoms with Crippen molar-refractivity contribution in [1.29, 1.82) is 0 Å². The first-order chi connectivity index (χ1) is 13.9. The summed E-state index contributed by atoms with van der Waals surface area (Å²) in [4.78, 5) is 27.1. The third-order valence-corrected chi connectivity index (χ3v) is 4.95. The maximum absolute atomic E-state index is 12.1. The number of carbonyl (C=O) groups is 1. The van der Waals surface area contributed by atoms with Crippen LogP contribution >= 0.6 is 0 Å². The lowest BCUT2D eigenvalue weighted by molar-refractivity contribution is -0.419. The van der Waals surface area contributed by atoms with Crippen LogP contribution in [0, 0.1) is 17.0 Å². The minimum absolute atomic E-state index is 0.0332. The number of hydrogen-bond acceptors (Lipinski definition) is 5. The summed E-state index contributed by atoms with van der Waals surface area (Å²) in [5.41, 5.74) is 2.41. The predicted octanol–water partition coefficient (Wildman–Crippen LogP) is 3.23. The van der Waals surface area contributed by atoms with Crippen LogP contribution in [0.2, 0.25) is 0 Å². The van der Waals surface area contributed by atoms with E-state index in [9.17, 15) is 14.9 Å². The first-order valence-electron chi connectivity index (χ1n) is 9.87. The van der Waals surface area contributed by atoms with Gasteiger partial charge in [0.1, 0.15) is 0 Å². The molecule has 2 rings (SSSR count). The molecule has 1 N–H and O–H groups in total. The average Bonchev–Trinajstić information content (AvgIpc) is 2.70. The van der Waals surface area contributed by atoms with Gasteiger partial charge < -0.3 is 10.2 Å². The number of allylic oxidation sites excluding steroid dienone is 2. The summed E-state index contributed by atoms with van der Waals surface area (Å²) in [6, 6.07) is 7.80. The topological polar surface area (TPSA) is 78.7 Å². The molecule has 0 spiro atoms. The van der Waals surface area contributed by atoms with Crippen LogP contribution in [0.15, 0.2) is 60.3 Å². The Hall–Kier alpha value is -2.77. The number of rotatable bonds is 9. The summed E-state index contributed by atoms with van der Waals surface area (Å²) in [5.74, 6) is 0.0332. The Morgan fingerprint density at radius 2 is 1.97 bits per heavy atom. The van der Waals surface area contributed by atoms with Crippen molar-refractivity contribution < 1.29 is 9.72 Å². The second-order valence-corrected chi connectivity index (χ2v) is 7.16. The monoisotopic (exact) mass is 398 g/mol. The third kappa shape index (κ3) is 7.63. The Kier molecular flexibility index (Phi) is 8.76. The number of hydrogen-bond donors (Lipinski definition) is 1. The zero-order chi connectivity index (χ0) is 21.2. The number of nitrogens with zero attached hydrogens (tertiary/aromatic N) is 3. The molecule has 0 atom stereocenters. The number of aryl methyl sites for hydroxylation is 1. The Balaban J connectivity index is 1.68. The van der Waals surface area contributed by atoms with Gasteiger partial charge in [-0.25, -0.2) is 0 Å². The quantitative estimate of drug-likeness (QED) is 0.392. The lowest BCUT2D eigenvalue weighted by Gasteiger charge is -2.34. The van der Waals surface area contributed by atoms with Gasteiger partial charge in [0, 0.05) is 56.9 Å². The summed E-state index contributed by atoms with van der Waals surface area (Å²) >= 11 is 0. The average molecular weight is 399 g/mol. The van der Waals surface area contributed by atoms with Gasteiger partial charge >= 0.3 is 0 Å². The molecule has 29 heavy (non-hydrogen) atoms. The molecule has 1 heterocycles. The van der Waals surface area contributed by atoms with Crippen molar-refractivity contribution in [2.24, 2.45) is 0 Å². The van der Waals surface area contributed by atoms with Crippen LogP contribution < -0.4 is 5.32 Å². The van der Waals surface area contributed by atoms with Gasteiger partial charge in [0.25, 0.3) is 5.70 Å². The van der Waals surface area contributed by atoms with Crippen LogP contribution in [0.3, 0.4) is 0 Å². The molecular weight excluding hydrogens is 368 g/mol. The molecule has 0 saturated carbocycles. The second kappa shape index (κ2) is 11.3. The normalized spacial score (nSPS) is 16.1. The molecular formula is C22H30N4O3. The van der Waals surface area contributed by atoms with Gasteiger partial charge in [-0.3, -0.25) is 19.8 Å². The van der Waals surface area contributed by atoms with Crippen molar-refractivity contribution in [2.45, 2.75) is 20.3 Å². The van der Waals surface area contributed by atoms with E-state index in [4.69, 9.17) is 0 Å². The van der Waals surface area contributed by atoms with E-state index in [1.165, 1.54) is 0 Å². The maximum Gasteiger partial charge on any atom is 0.269 e. The number of piperazine rings is 1. The van der Waals surface area contributed by atoms with E-state index in [-0.39, 0.29) is 11.6 Å². The zero-order valence-corrected chi connectivity index (χ0v) is 17.3. The van der Waals surface area contributed by atoms with E-state index in [0.717, 1.165) is 50.5 Å². The van der Waals surface area contributed by atoms with E-state index in [1.807, 2.05) is 37.3 Å². The molecule has 156 valence electrons. The number of carbonyl (C=O) groups excluding carboxylic acids is 1. The standard InChI is InChI=1S/C22H30N4O3/c1-4-20(19(3)26(28)29)8-6-11-24-13-15-25(16-14-24)12-10-22(27)23-21-9-5-7-18(2)17-21/h4-9,17H,3,10-16H2,1-2H3,(H,23,27)/b8-6+,20-4-. The minimum atomic E-state index is -0.465. The predicted molar refractivity (Wildman–Crippen MR) is 116 cm³/mol. The summed E-state index contributed by atoms with van der Waals surface area (Å²) in [6.45, 7) is 12.4. The third-order valence-electron chi connectivity index (χ3n) is 4.95. The summed E-state index contributed by atoms with van der Waals surface area (Å²) in [7, 11) is 0. The number of anilines is 1. The van der Waals surface area contributed by atoms with Crippen molar-refractivity contribution in [1.82, 2.24) is 9.80 Å². The van der Waals surface area contributed by atoms with E-state index >= 15 is 0 Å². The van der Waals surface area contributed by atoms with E-state index in [1.54, 1.807) is 19.1 Å². The molecule has 0 aliphatic carbocycles. The van der Waals surface area contributed by atoms with Gasteiger partial charge in [0.15, 0.2) is 0 Å². The van der Waals surface area contributed by atoms with E-state index in [2.05, 4.69) is 21.7 Å². The van der Waals surface area contributed by atoms with Crippen molar-refractivity contribution in [2.75, 3.05) is 44.6 Å². The molecule has 1 saturated heterocycles. The molecule has 0 unspecified atom stereocenters. The number of amides is 1. The Morgan fingerprint density at radius 1 is 1.28 bits per heavy atom. The smallest absolute Gasteiger partial charge is 0.269 e. The van der Waals surface area contributed by atoms with E-state index in [0.29, 0.717) is 12.0 Å². The molecule has 1 aromatic rings. The van der Waals surface area contributed by atoms with Crippen molar-refractivity contribution >= 4 is 11.6 Å². The molecule has 1 aliphatic rings. The molecule has 1 aromatic carbocycles. The fraction of sp³-hybridized carbons (Fsp3) is 0.409. The molecule has 7 heteroatoms. The van der Waals surface area contributed by atoms with Gasteiger partial charge in [-0.05, 0) is 38.1 Å². The van der Waals surface area contributed by atoms with Crippen molar-refractivity contribution in [3.63, 3.8) is 0 Å². The SMILES string of the molecule is C=C(C(=C\C)/C=C/CN1CCN(CCC(=O)Nc2cccc(C)c2)CC1)[N+](=O)[O-]. The van der Waals surface area contributed by atoms with Crippen LogP contribution in [0.1, 0.15) is 18.9 Å². The lowest BCUT2D eigenvalue weighted by Crippen LogP contribution is -2.46. The van der Waals surface area contributed by atoms with Gasteiger partial charge in [0.2, 0.25) is 5.91 Å². The minimum Gasteiger partial charge on any atom is -0.326 e. The number of benzene rings is 1. The summed E-state index contributed by atoms with van der Waals surface area (Å²) in [6.07, 6.45) is 5.87. The molecule has 1 fully saturated rings. The molecule has 0 aromatic heterocycles. The molecule has 1 amide bonds. The number of nitrogens with one attached hydrogen (secondary N) is 1. The Bertz CT molecular complexity index is 793. The van der Waals surface area contributed by atoms with Gasteiger partial charge in [-0.15, -0.1) is 0 Å². The summed E-state index contributed by atoms with van der Waals surface area (Å²) < 4.78 is 0. The zero-order valence-electron chi connectivity index (χ0n) is 17.3. The van der Waals surface area contributed by atoms with Crippen LogP contribution in [-0.4, -0.2) is 59.9 Å². The summed E-state index contributed by atoms with van der Waals surface area (Å²) in [5, 5.41) is 13.8. The van der Waals surface area contributed by atoms with Crippen LogP contribution in [0.5, 0.6) is 0 Å². The van der Waals surface area contributed by atoms with Gasteiger partial charge in [0.05, 0.1) is 4.92 Å². The lowest BCUT2D eigenvalue weighted by atomic mass is 10.2. The highest BCUT2D eigenvalue weighted by molar-refractivity contribution is 5.90. The van der Waals surface area contributed by atoms with Crippen molar-refractivity contribution in [3.05, 3.63) is 76.0 Å². The van der Waals surface area contributed by atoms with Gasteiger partial charge in [-0.1, -0.05) is 30.4 Å². The van der Waals surface area contributed by atoms with E-state index < -0.39 is 4.92 Å². The highest BCUT2D eigenvalue weighted by atomic mass is 16.6. The highest BCUT2D eigenvalue weighted by Crippen LogP contribution is 2.12. The largest absolute Gasteiger partial charge is 0.326 e. The van der Waals surface area contributed by atoms with Crippen molar-refractivity contribution in [3.8, 4) is 0 Å². The van der Waals surface area contributed by atoms with Gasteiger partial charge in [-0.2, -0.15) is 0 Å². The van der Waals surface area contributed by atoms with Crippen LogP contribution in [0.25, 0.3) is 0 Å². The molecule has 7 nitrogen and oxygen atoms in total. The second-order valence-electron chi connectivity index (χ2n) is 7.16. The first-order valence-corrected chi connectivity index (χ1v) is 9.87. The molecule has 1 aliphatic heterocycles. The first kappa shape index (κ1) is 22.5.